The smallest absolute Gasteiger partial charge is 0.267 e. The summed E-state index contributed by atoms with van der Waals surface area (Å²) < 4.78 is 39.8. The summed E-state index contributed by atoms with van der Waals surface area (Å²) in [5.74, 6) is -4.43. The zero-order valence-electron chi connectivity index (χ0n) is 17.7. The Kier molecular flexibility index (Phi) is 6.26. The van der Waals surface area contributed by atoms with Gasteiger partial charge in [0.15, 0.2) is 11.6 Å². The van der Waals surface area contributed by atoms with Gasteiger partial charge in [-0.1, -0.05) is 13.0 Å². The Bertz CT molecular complexity index is 1010. The number of nitrogens with two attached hydrogens (primary N) is 1. The molecular formula is C22H25F2N3O4. The number of rotatable bonds is 6. The molecule has 2 aromatic rings. The SMILES string of the molecule is CCOc1c(C2[C@@H](C(=O)Nc3ccnc(C(N)=O)c3)OC(C)(C)[C@@H]2C)ccc(F)c1F. The van der Waals surface area contributed by atoms with E-state index in [0.29, 0.717) is 11.3 Å². The van der Waals surface area contributed by atoms with Crippen molar-refractivity contribution in [3.05, 3.63) is 53.4 Å². The maximum atomic E-state index is 14.5. The third-order valence-electron chi connectivity index (χ3n) is 5.66. The third-order valence-corrected chi connectivity index (χ3v) is 5.66. The van der Waals surface area contributed by atoms with Crippen LogP contribution in [0.25, 0.3) is 0 Å². The van der Waals surface area contributed by atoms with Crippen LogP contribution in [0.3, 0.4) is 0 Å². The molecule has 0 spiro atoms. The van der Waals surface area contributed by atoms with E-state index < -0.39 is 41.1 Å². The fourth-order valence-corrected chi connectivity index (χ4v) is 3.81. The molecule has 166 valence electrons. The van der Waals surface area contributed by atoms with Gasteiger partial charge in [0.05, 0.1) is 12.2 Å². The minimum Gasteiger partial charge on any atom is -0.490 e. The Hall–Kier alpha value is -3.07. The van der Waals surface area contributed by atoms with Crippen LogP contribution < -0.4 is 15.8 Å². The molecule has 0 saturated carbocycles. The Morgan fingerprint density at radius 3 is 2.65 bits per heavy atom. The highest BCUT2D eigenvalue weighted by Gasteiger charge is 2.51. The van der Waals surface area contributed by atoms with Crippen LogP contribution in [0.5, 0.6) is 5.75 Å². The van der Waals surface area contributed by atoms with Crippen LogP contribution in [0, 0.1) is 17.6 Å². The number of carbonyl (C=O) groups is 2. The maximum Gasteiger partial charge on any atom is 0.267 e. The van der Waals surface area contributed by atoms with E-state index in [2.05, 4.69) is 10.3 Å². The number of primary amides is 1. The first-order chi connectivity index (χ1) is 14.6. The predicted octanol–water partition coefficient (Wildman–Crippen LogP) is 3.39. The van der Waals surface area contributed by atoms with Gasteiger partial charge in [-0.3, -0.25) is 14.6 Å². The van der Waals surface area contributed by atoms with Crippen molar-refractivity contribution in [3.63, 3.8) is 0 Å². The van der Waals surface area contributed by atoms with Gasteiger partial charge in [0, 0.05) is 23.4 Å². The highest BCUT2D eigenvalue weighted by atomic mass is 19.2. The largest absolute Gasteiger partial charge is 0.490 e. The molecule has 1 aromatic heterocycles. The van der Waals surface area contributed by atoms with Crippen molar-refractivity contribution < 1.29 is 27.8 Å². The lowest BCUT2D eigenvalue weighted by molar-refractivity contribution is -0.131. The first-order valence-electron chi connectivity index (χ1n) is 9.92. The van der Waals surface area contributed by atoms with Gasteiger partial charge in [-0.05, 0) is 44.9 Å². The van der Waals surface area contributed by atoms with Crippen molar-refractivity contribution in [2.24, 2.45) is 11.7 Å². The Morgan fingerprint density at radius 1 is 1.29 bits per heavy atom. The molecule has 3 atom stereocenters. The minimum absolute atomic E-state index is 0.00498. The second kappa shape index (κ2) is 8.58. The number of hydrogen-bond donors (Lipinski definition) is 2. The van der Waals surface area contributed by atoms with Crippen molar-refractivity contribution in [1.82, 2.24) is 4.98 Å². The molecule has 3 N–H and O–H groups in total. The number of halogens is 2. The molecule has 0 radical (unpaired) electrons. The number of nitrogens with zero attached hydrogens (tertiary/aromatic N) is 1. The Balaban J connectivity index is 1.99. The van der Waals surface area contributed by atoms with Gasteiger partial charge in [0.2, 0.25) is 5.82 Å². The highest BCUT2D eigenvalue weighted by Crippen LogP contribution is 2.49. The van der Waals surface area contributed by atoms with Gasteiger partial charge < -0.3 is 20.5 Å². The molecule has 1 aromatic carbocycles. The van der Waals surface area contributed by atoms with Crippen molar-refractivity contribution in [2.75, 3.05) is 11.9 Å². The molecule has 0 aliphatic carbocycles. The number of ether oxygens (including phenoxy) is 2. The molecule has 1 saturated heterocycles. The summed E-state index contributed by atoms with van der Waals surface area (Å²) in [5.41, 5.74) is 5.17. The summed E-state index contributed by atoms with van der Waals surface area (Å²) in [6, 6.07) is 5.30. The van der Waals surface area contributed by atoms with Crippen LogP contribution in [0.1, 0.15) is 49.7 Å². The molecule has 1 aliphatic heterocycles. The number of anilines is 1. The summed E-state index contributed by atoms with van der Waals surface area (Å²) in [4.78, 5) is 28.4. The van der Waals surface area contributed by atoms with Crippen molar-refractivity contribution in [1.29, 1.82) is 0 Å². The minimum atomic E-state index is -1.10. The Labute approximate surface area is 178 Å². The average molecular weight is 433 g/mol. The molecule has 31 heavy (non-hydrogen) atoms. The predicted molar refractivity (Wildman–Crippen MR) is 110 cm³/mol. The van der Waals surface area contributed by atoms with E-state index >= 15 is 0 Å². The van der Waals surface area contributed by atoms with E-state index in [1.807, 2.05) is 20.8 Å². The van der Waals surface area contributed by atoms with Crippen molar-refractivity contribution in [2.45, 2.75) is 45.3 Å². The first-order valence-corrected chi connectivity index (χ1v) is 9.92. The van der Waals surface area contributed by atoms with E-state index in [1.54, 1.807) is 6.92 Å². The average Bonchev–Trinajstić information content (AvgIpc) is 2.96. The molecular weight excluding hydrogens is 408 g/mol. The van der Waals surface area contributed by atoms with Gasteiger partial charge in [0.25, 0.3) is 11.8 Å². The maximum absolute atomic E-state index is 14.5. The molecule has 3 rings (SSSR count). The number of pyridine rings is 1. The molecule has 0 bridgehead atoms. The fourth-order valence-electron chi connectivity index (χ4n) is 3.81. The second-order valence-corrected chi connectivity index (χ2v) is 7.95. The van der Waals surface area contributed by atoms with Gasteiger partial charge in [0.1, 0.15) is 11.8 Å². The monoisotopic (exact) mass is 433 g/mol. The quantitative estimate of drug-likeness (QED) is 0.727. The normalized spacial score (nSPS) is 22.2. The van der Waals surface area contributed by atoms with Crippen LogP contribution in [-0.2, 0) is 9.53 Å². The van der Waals surface area contributed by atoms with Crippen LogP contribution in [-0.4, -0.2) is 35.1 Å². The lowest BCUT2D eigenvalue weighted by atomic mass is 9.78. The van der Waals surface area contributed by atoms with Gasteiger partial charge in [-0.25, -0.2) is 4.39 Å². The fraction of sp³-hybridized carbons (Fsp3) is 0.409. The van der Waals surface area contributed by atoms with Gasteiger partial charge in [-0.15, -0.1) is 0 Å². The topological polar surface area (TPSA) is 104 Å². The second-order valence-electron chi connectivity index (χ2n) is 7.95. The lowest BCUT2D eigenvalue weighted by Crippen LogP contribution is -2.33. The number of hydrogen-bond acceptors (Lipinski definition) is 5. The van der Waals surface area contributed by atoms with Crippen LogP contribution in [0.15, 0.2) is 30.5 Å². The summed E-state index contributed by atoms with van der Waals surface area (Å²) in [6.07, 6.45) is 0.330. The van der Waals surface area contributed by atoms with Gasteiger partial charge in [-0.2, -0.15) is 4.39 Å². The molecule has 7 nitrogen and oxygen atoms in total. The summed E-state index contributed by atoms with van der Waals surface area (Å²) in [7, 11) is 0. The summed E-state index contributed by atoms with van der Waals surface area (Å²) in [5, 5.41) is 2.69. The molecule has 2 heterocycles. The molecule has 9 heteroatoms. The Morgan fingerprint density at radius 2 is 2.00 bits per heavy atom. The number of amides is 2. The highest BCUT2D eigenvalue weighted by molar-refractivity contribution is 5.97. The first kappa shape index (κ1) is 22.6. The van der Waals surface area contributed by atoms with Crippen molar-refractivity contribution in [3.8, 4) is 5.75 Å². The van der Waals surface area contributed by atoms with Crippen molar-refractivity contribution >= 4 is 17.5 Å². The standard InChI is InChI=1S/C22H25F2N3O4/c1-5-30-18-13(6-7-14(23)17(18)24)16-11(2)22(3,4)31-19(16)21(29)27-12-8-9-26-15(10-12)20(25)28/h6-11,16,19H,5H2,1-4H3,(H2,25,28)(H,26,27,29)/t11-,16?,19+/m1/s1. The number of nitrogens with one attached hydrogen (secondary N) is 1. The van der Waals surface area contributed by atoms with Crippen LogP contribution >= 0.6 is 0 Å². The number of carbonyl (C=O) groups excluding carboxylic acids is 2. The van der Waals surface area contributed by atoms with E-state index in [9.17, 15) is 18.4 Å². The molecule has 1 unspecified atom stereocenters. The molecule has 2 amide bonds. The van der Waals surface area contributed by atoms with E-state index in [0.717, 1.165) is 6.07 Å². The summed E-state index contributed by atoms with van der Waals surface area (Å²) in [6.45, 7) is 7.33. The van der Waals surface area contributed by atoms with Crippen LogP contribution in [0.2, 0.25) is 0 Å². The van der Waals surface area contributed by atoms with E-state index in [-0.39, 0.29) is 24.0 Å². The lowest BCUT2D eigenvalue weighted by Gasteiger charge is -2.26. The third kappa shape index (κ3) is 4.36. The van der Waals surface area contributed by atoms with Gasteiger partial charge >= 0.3 is 0 Å². The number of benzene rings is 1. The zero-order chi connectivity index (χ0) is 22.9. The number of aromatic nitrogens is 1. The molecule has 1 aliphatic rings. The zero-order valence-corrected chi connectivity index (χ0v) is 17.7. The van der Waals surface area contributed by atoms with E-state index in [4.69, 9.17) is 15.2 Å². The van der Waals surface area contributed by atoms with E-state index in [1.165, 1.54) is 24.4 Å². The van der Waals surface area contributed by atoms with Crippen LogP contribution in [0.4, 0.5) is 14.5 Å². The molecule has 1 fully saturated rings. The summed E-state index contributed by atoms with van der Waals surface area (Å²) >= 11 is 0.